The second-order valence-electron chi connectivity index (χ2n) is 8.17. The Morgan fingerprint density at radius 3 is 2.25 bits per heavy atom. The van der Waals surface area contributed by atoms with E-state index in [1.165, 1.54) is 0 Å². The molecule has 1 heterocycles. The van der Waals surface area contributed by atoms with Gasteiger partial charge in [0, 0.05) is 0 Å². The van der Waals surface area contributed by atoms with E-state index >= 15 is 0 Å². The van der Waals surface area contributed by atoms with Gasteiger partial charge in [0.15, 0.2) is 6.23 Å². The highest BCUT2D eigenvalue weighted by Crippen LogP contribution is 2.39. The van der Waals surface area contributed by atoms with Crippen LogP contribution in [0.25, 0.3) is 0 Å². The minimum absolute atomic E-state index is 0.00854. The molecule has 2 aromatic rings. The van der Waals surface area contributed by atoms with Crippen LogP contribution in [0.3, 0.4) is 0 Å². The molecule has 3 rings (SSSR count). The first-order valence-corrected chi connectivity index (χ1v) is 9.58. The first-order valence-electron chi connectivity index (χ1n) is 9.58. The van der Waals surface area contributed by atoms with Crippen LogP contribution < -0.4 is 10.1 Å². The van der Waals surface area contributed by atoms with Gasteiger partial charge in [0.2, 0.25) is 5.91 Å². The SMILES string of the molecule is CC[C@]1(Cc2ccccc2)C(=O)N[C@H]1Oc1ccc(C(=O)OC(C)(C)C)cc1. The number of carbonyl (C=O) groups is 2. The van der Waals surface area contributed by atoms with Gasteiger partial charge in [-0.3, -0.25) is 4.79 Å². The molecule has 0 aromatic heterocycles. The van der Waals surface area contributed by atoms with Gasteiger partial charge in [0.25, 0.3) is 0 Å². The summed E-state index contributed by atoms with van der Waals surface area (Å²) in [5, 5.41) is 2.87. The van der Waals surface area contributed by atoms with E-state index in [0.29, 0.717) is 24.2 Å². The van der Waals surface area contributed by atoms with Crippen molar-refractivity contribution < 1.29 is 19.1 Å². The molecule has 1 saturated heterocycles. The number of amides is 1. The summed E-state index contributed by atoms with van der Waals surface area (Å²) in [5.74, 6) is 0.236. The molecule has 0 radical (unpaired) electrons. The summed E-state index contributed by atoms with van der Waals surface area (Å²) in [6.07, 6.45) is 0.892. The molecule has 1 N–H and O–H groups in total. The first kappa shape index (κ1) is 19.9. The maximum atomic E-state index is 12.4. The highest BCUT2D eigenvalue weighted by molar-refractivity contribution is 5.90. The minimum atomic E-state index is -0.592. The molecular weight excluding hydrogens is 354 g/mol. The molecule has 1 amide bonds. The fraction of sp³-hybridized carbons (Fsp3) is 0.391. The topological polar surface area (TPSA) is 64.6 Å². The highest BCUT2D eigenvalue weighted by atomic mass is 16.6. The standard InChI is InChI=1S/C23H27NO4/c1-5-23(15-16-9-7-6-8-10-16)20(26)24-21(23)27-18-13-11-17(12-14-18)19(25)28-22(2,3)4/h6-14,21H,5,15H2,1-4H3,(H,24,26)/t21-,23-/m0/s1. The molecule has 5 heteroatoms. The molecule has 0 unspecified atom stereocenters. The Kier molecular flexibility index (Phi) is 5.45. The summed E-state index contributed by atoms with van der Waals surface area (Å²) in [7, 11) is 0. The van der Waals surface area contributed by atoms with Gasteiger partial charge in [-0.05, 0) is 63.4 Å². The van der Waals surface area contributed by atoms with Crippen molar-refractivity contribution in [2.24, 2.45) is 5.41 Å². The molecule has 2 atom stereocenters. The number of carbonyl (C=O) groups excluding carboxylic acids is 2. The van der Waals surface area contributed by atoms with E-state index in [1.54, 1.807) is 24.3 Å². The van der Waals surface area contributed by atoms with E-state index in [9.17, 15) is 9.59 Å². The fourth-order valence-corrected chi connectivity index (χ4v) is 3.33. The average molecular weight is 381 g/mol. The summed E-state index contributed by atoms with van der Waals surface area (Å²) in [6, 6.07) is 16.8. The van der Waals surface area contributed by atoms with Gasteiger partial charge in [-0.15, -0.1) is 0 Å². The van der Waals surface area contributed by atoms with E-state index in [-0.39, 0.29) is 11.9 Å². The van der Waals surface area contributed by atoms with Gasteiger partial charge in [0.05, 0.1) is 5.56 Å². The lowest BCUT2D eigenvalue weighted by Gasteiger charge is -2.47. The van der Waals surface area contributed by atoms with Crippen LogP contribution in [0, 0.1) is 5.41 Å². The van der Waals surface area contributed by atoms with Crippen molar-refractivity contribution in [1.29, 1.82) is 0 Å². The number of hydrogen-bond acceptors (Lipinski definition) is 4. The third-order valence-electron chi connectivity index (χ3n) is 4.95. The Bertz CT molecular complexity index is 839. The van der Waals surface area contributed by atoms with Gasteiger partial charge >= 0.3 is 5.97 Å². The van der Waals surface area contributed by atoms with Crippen molar-refractivity contribution in [2.45, 2.75) is 52.4 Å². The second-order valence-corrected chi connectivity index (χ2v) is 8.17. The van der Waals surface area contributed by atoms with Crippen LogP contribution in [-0.4, -0.2) is 23.7 Å². The maximum Gasteiger partial charge on any atom is 0.338 e. The number of esters is 1. The summed E-state index contributed by atoms with van der Waals surface area (Å²) in [5.41, 5.74) is 0.435. The lowest BCUT2D eigenvalue weighted by atomic mass is 9.71. The minimum Gasteiger partial charge on any atom is -0.469 e. The molecule has 1 fully saturated rings. The first-order chi connectivity index (χ1) is 13.2. The van der Waals surface area contributed by atoms with Crippen molar-refractivity contribution in [2.75, 3.05) is 0 Å². The van der Waals surface area contributed by atoms with E-state index < -0.39 is 17.2 Å². The van der Waals surface area contributed by atoms with Crippen LogP contribution in [0.2, 0.25) is 0 Å². The molecular formula is C23H27NO4. The van der Waals surface area contributed by atoms with Crippen molar-refractivity contribution in [3.05, 3.63) is 65.7 Å². The van der Waals surface area contributed by atoms with Crippen molar-refractivity contribution in [3.63, 3.8) is 0 Å². The zero-order valence-electron chi connectivity index (χ0n) is 16.8. The van der Waals surface area contributed by atoms with Gasteiger partial charge in [-0.2, -0.15) is 0 Å². The van der Waals surface area contributed by atoms with Crippen LogP contribution in [0.4, 0.5) is 0 Å². The van der Waals surface area contributed by atoms with Crippen molar-refractivity contribution >= 4 is 11.9 Å². The second kappa shape index (κ2) is 7.66. The van der Waals surface area contributed by atoms with Crippen LogP contribution >= 0.6 is 0 Å². The van der Waals surface area contributed by atoms with Crippen LogP contribution in [-0.2, 0) is 16.0 Å². The number of benzene rings is 2. The number of rotatable bonds is 6. The van der Waals surface area contributed by atoms with Crippen LogP contribution in [0.15, 0.2) is 54.6 Å². The predicted molar refractivity (Wildman–Crippen MR) is 107 cm³/mol. The molecule has 0 saturated carbocycles. The van der Waals surface area contributed by atoms with Gasteiger partial charge in [-0.25, -0.2) is 4.79 Å². The molecule has 0 bridgehead atoms. The summed E-state index contributed by atoms with van der Waals surface area (Å²) in [4.78, 5) is 24.5. The van der Waals surface area contributed by atoms with Crippen LogP contribution in [0.1, 0.15) is 50.0 Å². The molecule has 1 aliphatic heterocycles. The predicted octanol–water partition coefficient (Wildman–Crippen LogP) is 4.12. The zero-order chi connectivity index (χ0) is 20.4. The number of nitrogens with one attached hydrogen (secondary N) is 1. The Balaban J connectivity index is 1.70. The van der Waals surface area contributed by atoms with Gasteiger partial charge in [-0.1, -0.05) is 37.3 Å². The molecule has 0 spiro atoms. The summed E-state index contributed by atoms with van der Waals surface area (Å²) >= 11 is 0. The Morgan fingerprint density at radius 1 is 1.07 bits per heavy atom. The molecule has 2 aromatic carbocycles. The Morgan fingerprint density at radius 2 is 1.71 bits per heavy atom. The van der Waals surface area contributed by atoms with E-state index in [4.69, 9.17) is 9.47 Å². The van der Waals surface area contributed by atoms with Crippen molar-refractivity contribution in [3.8, 4) is 5.75 Å². The molecule has 1 aliphatic rings. The Hall–Kier alpha value is -2.82. The van der Waals surface area contributed by atoms with E-state index in [1.807, 2.05) is 58.0 Å². The largest absolute Gasteiger partial charge is 0.469 e. The number of hydrogen-bond donors (Lipinski definition) is 1. The quantitative estimate of drug-likeness (QED) is 0.604. The summed E-state index contributed by atoms with van der Waals surface area (Å²) in [6.45, 7) is 7.50. The highest BCUT2D eigenvalue weighted by Gasteiger charge is 2.55. The average Bonchev–Trinajstić information content (AvgIpc) is 2.65. The fourth-order valence-electron chi connectivity index (χ4n) is 3.33. The molecule has 28 heavy (non-hydrogen) atoms. The number of β-lactam (4-membered cyclic amide) rings is 1. The monoisotopic (exact) mass is 381 g/mol. The molecule has 0 aliphatic carbocycles. The van der Waals surface area contributed by atoms with Crippen molar-refractivity contribution in [1.82, 2.24) is 5.32 Å². The lowest BCUT2D eigenvalue weighted by Crippen LogP contribution is -2.70. The lowest BCUT2D eigenvalue weighted by molar-refractivity contribution is -0.161. The third kappa shape index (κ3) is 4.19. The van der Waals surface area contributed by atoms with E-state index in [2.05, 4.69) is 5.32 Å². The normalized spacial score (nSPS) is 21.4. The smallest absolute Gasteiger partial charge is 0.338 e. The van der Waals surface area contributed by atoms with Crippen LogP contribution in [0.5, 0.6) is 5.75 Å². The maximum absolute atomic E-state index is 12.4. The molecule has 5 nitrogen and oxygen atoms in total. The van der Waals surface area contributed by atoms with Gasteiger partial charge < -0.3 is 14.8 Å². The zero-order valence-corrected chi connectivity index (χ0v) is 16.8. The Labute approximate surface area is 166 Å². The summed E-state index contributed by atoms with van der Waals surface area (Å²) < 4.78 is 11.4. The van der Waals surface area contributed by atoms with Gasteiger partial charge in [0.1, 0.15) is 16.8 Å². The molecule has 148 valence electrons. The van der Waals surface area contributed by atoms with E-state index in [0.717, 1.165) is 5.56 Å². The number of ether oxygens (including phenoxy) is 2. The third-order valence-corrected chi connectivity index (χ3v) is 4.95.